The van der Waals surface area contributed by atoms with Gasteiger partial charge >= 0.3 is 0 Å². The largest absolute Gasteiger partial charge is 0.358 e. The van der Waals surface area contributed by atoms with Crippen LogP contribution in [-0.4, -0.2) is 41.1 Å². The van der Waals surface area contributed by atoms with E-state index in [0.717, 1.165) is 43.4 Å². The maximum Gasteiger partial charge on any atom is 0.169 e. The molecule has 0 saturated carbocycles. The molecule has 0 spiro atoms. The Hall–Kier alpha value is -2.50. The predicted octanol–water partition coefficient (Wildman–Crippen LogP) is 4.17. The monoisotopic (exact) mass is 393 g/mol. The van der Waals surface area contributed by atoms with Crippen molar-refractivity contribution in [1.82, 2.24) is 15.1 Å². The number of nitrogens with one attached hydrogen (secondary N) is 1. The molecule has 1 saturated heterocycles. The summed E-state index contributed by atoms with van der Waals surface area (Å²) in [7, 11) is 0. The Balaban J connectivity index is 1.29. The molecule has 0 radical (unpaired) electrons. The lowest BCUT2D eigenvalue weighted by molar-refractivity contribution is 0.175. The van der Waals surface area contributed by atoms with Crippen LogP contribution in [0.1, 0.15) is 11.1 Å². The average molecular weight is 394 g/mol. The molecule has 0 aliphatic carbocycles. The van der Waals surface area contributed by atoms with Crippen LogP contribution < -0.4 is 5.32 Å². The first kappa shape index (κ1) is 18.8. The maximum atomic E-state index is 13.0. The van der Waals surface area contributed by atoms with Crippen LogP contribution in [0.5, 0.6) is 0 Å². The van der Waals surface area contributed by atoms with Gasteiger partial charge in [-0.3, -0.25) is 4.90 Å². The zero-order valence-corrected chi connectivity index (χ0v) is 16.6. The Labute approximate surface area is 170 Å². The number of piperazine rings is 1. The molecule has 0 bridgehead atoms. The maximum absolute atomic E-state index is 13.0. The molecule has 1 aliphatic rings. The molecule has 5 heteroatoms. The van der Waals surface area contributed by atoms with Crippen LogP contribution in [0, 0.1) is 5.82 Å². The van der Waals surface area contributed by atoms with Gasteiger partial charge in [0.25, 0.3) is 0 Å². The van der Waals surface area contributed by atoms with Crippen molar-refractivity contribution in [3.05, 3.63) is 83.7 Å². The van der Waals surface area contributed by atoms with Crippen LogP contribution >= 0.6 is 12.2 Å². The molecule has 1 aliphatic heterocycles. The number of nitrogens with zero attached hydrogens (tertiary/aromatic N) is 2. The fourth-order valence-corrected chi connectivity index (χ4v) is 3.93. The van der Waals surface area contributed by atoms with Gasteiger partial charge in [0, 0.05) is 39.3 Å². The first-order chi connectivity index (χ1) is 13.7. The molecule has 0 atom stereocenters. The summed E-state index contributed by atoms with van der Waals surface area (Å²) in [6, 6.07) is 21.6. The summed E-state index contributed by atoms with van der Waals surface area (Å²) in [4.78, 5) is 4.71. The lowest BCUT2D eigenvalue weighted by Gasteiger charge is -2.36. The highest BCUT2D eigenvalue weighted by Gasteiger charge is 2.19. The zero-order chi connectivity index (χ0) is 19.3. The summed E-state index contributed by atoms with van der Waals surface area (Å²) in [6.45, 7) is 5.39. The topological polar surface area (TPSA) is 18.5 Å². The van der Waals surface area contributed by atoms with E-state index in [9.17, 15) is 4.39 Å². The Kier molecular flexibility index (Phi) is 5.84. The van der Waals surface area contributed by atoms with Crippen LogP contribution in [-0.2, 0) is 13.1 Å². The second-order valence-electron chi connectivity index (χ2n) is 7.19. The number of rotatable bonds is 4. The van der Waals surface area contributed by atoms with Gasteiger partial charge in [0.05, 0.1) is 0 Å². The first-order valence-electron chi connectivity index (χ1n) is 9.65. The van der Waals surface area contributed by atoms with Gasteiger partial charge in [0.2, 0.25) is 0 Å². The highest BCUT2D eigenvalue weighted by Crippen LogP contribution is 2.20. The molecule has 0 aromatic heterocycles. The molecule has 4 rings (SSSR count). The van der Waals surface area contributed by atoms with Crippen molar-refractivity contribution in [2.45, 2.75) is 13.1 Å². The Morgan fingerprint density at radius 3 is 2.39 bits per heavy atom. The first-order valence-corrected chi connectivity index (χ1v) is 10.1. The van der Waals surface area contributed by atoms with E-state index < -0.39 is 0 Å². The van der Waals surface area contributed by atoms with Gasteiger partial charge in [-0.25, -0.2) is 4.39 Å². The van der Waals surface area contributed by atoms with E-state index in [-0.39, 0.29) is 5.82 Å². The Morgan fingerprint density at radius 1 is 0.893 bits per heavy atom. The van der Waals surface area contributed by atoms with Crippen LogP contribution in [0.4, 0.5) is 4.39 Å². The number of thiocarbonyl (C=S) groups is 1. The third-order valence-electron chi connectivity index (χ3n) is 5.29. The molecule has 3 aromatic carbocycles. The Bertz CT molecular complexity index is 944. The van der Waals surface area contributed by atoms with Crippen LogP contribution in [0.2, 0.25) is 0 Å². The van der Waals surface area contributed by atoms with E-state index in [4.69, 9.17) is 12.2 Å². The van der Waals surface area contributed by atoms with Gasteiger partial charge in [-0.2, -0.15) is 0 Å². The zero-order valence-electron chi connectivity index (χ0n) is 15.8. The molecule has 1 N–H and O–H groups in total. The second-order valence-corrected chi connectivity index (χ2v) is 7.57. The normalized spacial score (nSPS) is 15.0. The van der Waals surface area contributed by atoms with E-state index in [0.29, 0.717) is 6.54 Å². The molecule has 3 aromatic rings. The van der Waals surface area contributed by atoms with Gasteiger partial charge in [-0.15, -0.1) is 0 Å². The summed E-state index contributed by atoms with van der Waals surface area (Å²) in [6.07, 6.45) is 0. The molecule has 144 valence electrons. The van der Waals surface area contributed by atoms with Crippen molar-refractivity contribution in [3.63, 3.8) is 0 Å². The molecule has 0 amide bonds. The number of halogens is 1. The van der Waals surface area contributed by atoms with E-state index in [1.807, 2.05) is 0 Å². The van der Waals surface area contributed by atoms with Crippen molar-refractivity contribution in [2.75, 3.05) is 26.2 Å². The lowest BCUT2D eigenvalue weighted by Crippen LogP contribution is -2.51. The third kappa shape index (κ3) is 4.49. The van der Waals surface area contributed by atoms with Crippen molar-refractivity contribution in [3.8, 4) is 0 Å². The highest BCUT2D eigenvalue weighted by atomic mass is 32.1. The van der Waals surface area contributed by atoms with Gasteiger partial charge in [0.15, 0.2) is 5.11 Å². The molecular formula is C23H24FN3S. The van der Waals surface area contributed by atoms with Crippen molar-refractivity contribution >= 4 is 28.1 Å². The van der Waals surface area contributed by atoms with Crippen LogP contribution in [0.25, 0.3) is 10.8 Å². The van der Waals surface area contributed by atoms with Gasteiger partial charge in [0.1, 0.15) is 5.82 Å². The second kappa shape index (κ2) is 8.67. The van der Waals surface area contributed by atoms with Gasteiger partial charge < -0.3 is 10.2 Å². The van der Waals surface area contributed by atoms with Crippen LogP contribution in [0.15, 0.2) is 66.7 Å². The smallest absolute Gasteiger partial charge is 0.169 e. The number of hydrogen-bond donors (Lipinski definition) is 1. The lowest BCUT2D eigenvalue weighted by atomic mass is 10.0. The van der Waals surface area contributed by atoms with E-state index in [1.165, 1.54) is 28.5 Å². The van der Waals surface area contributed by atoms with E-state index in [1.54, 1.807) is 12.1 Å². The quantitative estimate of drug-likeness (QED) is 0.670. The SMILES string of the molecule is Fc1ccc(CNC(=S)N2CCN(Cc3cccc4ccccc34)CC2)cc1. The van der Waals surface area contributed by atoms with Crippen LogP contribution in [0.3, 0.4) is 0 Å². The standard InChI is InChI=1S/C23H24FN3S/c24-21-10-8-18(9-11-21)16-25-23(28)27-14-12-26(13-15-27)17-20-6-3-5-19-4-1-2-7-22(19)20/h1-11H,12-17H2,(H,25,28). The van der Waals surface area contributed by atoms with Crippen molar-refractivity contribution in [2.24, 2.45) is 0 Å². The summed E-state index contributed by atoms with van der Waals surface area (Å²) in [5.74, 6) is -0.214. The molecule has 3 nitrogen and oxygen atoms in total. The minimum atomic E-state index is -0.214. The van der Waals surface area contributed by atoms with Crippen molar-refractivity contribution in [1.29, 1.82) is 0 Å². The van der Waals surface area contributed by atoms with Crippen molar-refractivity contribution < 1.29 is 4.39 Å². The fourth-order valence-electron chi connectivity index (χ4n) is 3.67. The molecule has 1 fully saturated rings. The van der Waals surface area contributed by atoms with Gasteiger partial charge in [-0.1, -0.05) is 54.6 Å². The Morgan fingerprint density at radius 2 is 1.61 bits per heavy atom. The van der Waals surface area contributed by atoms with E-state index >= 15 is 0 Å². The minimum absolute atomic E-state index is 0.214. The highest BCUT2D eigenvalue weighted by molar-refractivity contribution is 7.80. The molecule has 28 heavy (non-hydrogen) atoms. The molecule has 1 heterocycles. The van der Waals surface area contributed by atoms with Gasteiger partial charge in [-0.05, 0) is 46.2 Å². The molecular weight excluding hydrogens is 369 g/mol. The summed E-state index contributed by atoms with van der Waals surface area (Å²) >= 11 is 5.55. The average Bonchev–Trinajstić information content (AvgIpc) is 2.74. The summed E-state index contributed by atoms with van der Waals surface area (Å²) < 4.78 is 13.0. The minimum Gasteiger partial charge on any atom is -0.358 e. The summed E-state index contributed by atoms with van der Waals surface area (Å²) in [5.41, 5.74) is 2.40. The molecule has 0 unspecified atom stereocenters. The fraction of sp³-hybridized carbons (Fsp3) is 0.261. The predicted molar refractivity (Wildman–Crippen MR) is 117 cm³/mol. The van der Waals surface area contributed by atoms with E-state index in [2.05, 4.69) is 57.6 Å². The number of hydrogen-bond acceptors (Lipinski definition) is 2. The third-order valence-corrected chi connectivity index (χ3v) is 5.69. The number of benzene rings is 3. The number of fused-ring (bicyclic) bond motifs is 1. The summed E-state index contributed by atoms with van der Waals surface area (Å²) in [5, 5.41) is 6.70.